The Labute approximate surface area is 170 Å². The average molecular weight is 391 g/mol. The minimum absolute atomic E-state index is 0.490. The Morgan fingerprint density at radius 1 is 0.893 bits per heavy atom. The molecule has 0 aliphatic carbocycles. The molecule has 0 saturated carbocycles. The normalized spacial score (nSPS) is 11.1. The van der Waals surface area contributed by atoms with Gasteiger partial charge in [-0.15, -0.1) is 0 Å². The second-order valence-electron chi connectivity index (χ2n) is 7.20. The SMILES string of the molecule is Cc1ccc(Cn2c(C)c(C)c3nccc(OCc4ccc(Cl)cc4)c32)cc1. The second kappa shape index (κ2) is 7.69. The molecule has 0 saturated heterocycles. The van der Waals surface area contributed by atoms with E-state index in [0.717, 1.165) is 33.9 Å². The van der Waals surface area contributed by atoms with Crippen molar-refractivity contribution >= 4 is 22.6 Å². The molecule has 0 N–H and O–H groups in total. The van der Waals surface area contributed by atoms with Crippen LogP contribution in [0.15, 0.2) is 60.8 Å². The molecular formula is C24H23ClN2O. The van der Waals surface area contributed by atoms with Crippen LogP contribution in [-0.2, 0) is 13.2 Å². The largest absolute Gasteiger partial charge is 0.487 e. The van der Waals surface area contributed by atoms with Crippen LogP contribution in [-0.4, -0.2) is 9.55 Å². The van der Waals surface area contributed by atoms with Gasteiger partial charge in [0.2, 0.25) is 0 Å². The van der Waals surface area contributed by atoms with Crippen LogP contribution in [0.5, 0.6) is 5.75 Å². The molecule has 4 rings (SSSR count). The third kappa shape index (κ3) is 3.63. The van der Waals surface area contributed by atoms with Crippen LogP contribution in [0, 0.1) is 20.8 Å². The molecule has 2 aromatic heterocycles. The van der Waals surface area contributed by atoms with Gasteiger partial charge in [-0.05, 0) is 49.6 Å². The van der Waals surface area contributed by atoms with Crippen molar-refractivity contribution in [1.82, 2.24) is 9.55 Å². The Morgan fingerprint density at radius 3 is 2.29 bits per heavy atom. The number of nitrogens with zero attached hydrogens (tertiary/aromatic N) is 2. The first-order chi connectivity index (χ1) is 13.5. The van der Waals surface area contributed by atoms with Crippen LogP contribution in [0.4, 0.5) is 0 Å². The van der Waals surface area contributed by atoms with Gasteiger partial charge >= 0.3 is 0 Å². The van der Waals surface area contributed by atoms with Gasteiger partial charge in [-0.25, -0.2) is 0 Å². The highest BCUT2D eigenvalue weighted by molar-refractivity contribution is 6.30. The number of rotatable bonds is 5. The fourth-order valence-corrected chi connectivity index (χ4v) is 3.57. The van der Waals surface area contributed by atoms with Crippen molar-refractivity contribution in [3.8, 4) is 5.75 Å². The molecular weight excluding hydrogens is 368 g/mol. The Bertz CT molecular complexity index is 1110. The van der Waals surface area contributed by atoms with Crippen LogP contribution in [0.25, 0.3) is 11.0 Å². The molecule has 0 aliphatic rings. The van der Waals surface area contributed by atoms with Gasteiger partial charge in [0.1, 0.15) is 17.9 Å². The summed E-state index contributed by atoms with van der Waals surface area (Å²) >= 11 is 5.98. The molecule has 142 valence electrons. The number of fused-ring (bicyclic) bond motifs is 1. The van der Waals surface area contributed by atoms with E-state index in [2.05, 4.69) is 54.6 Å². The van der Waals surface area contributed by atoms with Crippen molar-refractivity contribution < 1.29 is 4.74 Å². The van der Waals surface area contributed by atoms with Crippen LogP contribution >= 0.6 is 11.6 Å². The zero-order chi connectivity index (χ0) is 19.7. The van der Waals surface area contributed by atoms with Gasteiger partial charge < -0.3 is 9.30 Å². The molecule has 0 spiro atoms. The molecule has 0 radical (unpaired) electrons. The summed E-state index contributed by atoms with van der Waals surface area (Å²) < 4.78 is 8.51. The highest BCUT2D eigenvalue weighted by Crippen LogP contribution is 2.32. The van der Waals surface area contributed by atoms with Crippen molar-refractivity contribution in [3.05, 3.63) is 93.8 Å². The molecule has 2 aromatic carbocycles. The van der Waals surface area contributed by atoms with E-state index in [0.29, 0.717) is 6.61 Å². The van der Waals surface area contributed by atoms with Crippen LogP contribution in [0.3, 0.4) is 0 Å². The molecule has 2 heterocycles. The van der Waals surface area contributed by atoms with Crippen molar-refractivity contribution in [2.75, 3.05) is 0 Å². The van der Waals surface area contributed by atoms with E-state index in [1.807, 2.05) is 36.5 Å². The maximum absolute atomic E-state index is 6.21. The molecule has 0 fully saturated rings. The lowest BCUT2D eigenvalue weighted by Crippen LogP contribution is -2.04. The molecule has 28 heavy (non-hydrogen) atoms. The standard InChI is InChI=1S/C24H23ClN2O/c1-16-4-6-19(7-5-16)14-27-18(3)17(2)23-24(27)22(12-13-26-23)28-15-20-8-10-21(25)11-9-20/h4-13H,14-15H2,1-3H3. The summed E-state index contributed by atoms with van der Waals surface area (Å²) in [4.78, 5) is 4.63. The van der Waals surface area contributed by atoms with E-state index >= 15 is 0 Å². The second-order valence-corrected chi connectivity index (χ2v) is 7.64. The van der Waals surface area contributed by atoms with Gasteiger partial charge in [0.25, 0.3) is 0 Å². The molecule has 0 atom stereocenters. The summed E-state index contributed by atoms with van der Waals surface area (Å²) in [5.41, 5.74) is 8.06. The minimum Gasteiger partial charge on any atom is -0.487 e. The van der Waals surface area contributed by atoms with Gasteiger partial charge in [0.05, 0.1) is 5.52 Å². The van der Waals surface area contributed by atoms with Gasteiger partial charge in [0, 0.05) is 29.5 Å². The predicted octanol–water partition coefficient (Wildman–Crippen LogP) is 6.24. The molecule has 0 amide bonds. The summed E-state index contributed by atoms with van der Waals surface area (Å²) in [5, 5.41) is 0.730. The predicted molar refractivity (Wildman–Crippen MR) is 115 cm³/mol. The summed E-state index contributed by atoms with van der Waals surface area (Å²) in [6, 6.07) is 18.4. The third-order valence-corrected chi connectivity index (χ3v) is 5.48. The lowest BCUT2D eigenvalue weighted by Gasteiger charge is -2.13. The molecule has 4 aromatic rings. The van der Waals surface area contributed by atoms with E-state index in [9.17, 15) is 0 Å². The lowest BCUT2D eigenvalue weighted by molar-refractivity contribution is 0.308. The summed E-state index contributed by atoms with van der Waals surface area (Å²) in [6.07, 6.45) is 1.82. The molecule has 0 unspecified atom stereocenters. The average Bonchev–Trinajstić information content (AvgIpc) is 2.95. The Balaban J connectivity index is 1.71. The number of ether oxygens (including phenoxy) is 1. The van der Waals surface area contributed by atoms with Crippen molar-refractivity contribution in [2.45, 2.75) is 33.9 Å². The maximum atomic E-state index is 6.21. The van der Waals surface area contributed by atoms with Gasteiger partial charge in [-0.3, -0.25) is 4.98 Å². The Kier molecular flexibility index (Phi) is 5.10. The number of aryl methyl sites for hydroxylation is 2. The lowest BCUT2D eigenvalue weighted by atomic mass is 10.1. The first-order valence-electron chi connectivity index (χ1n) is 9.40. The van der Waals surface area contributed by atoms with Gasteiger partial charge in [-0.2, -0.15) is 0 Å². The number of aromatic nitrogens is 2. The Hall–Kier alpha value is -2.78. The van der Waals surface area contributed by atoms with Crippen LogP contribution < -0.4 is 4.74 Å². The van der Waals surface area contributed by atoms with Crippen molar-refractivity contribution in [2.24, 2.45) is 0 Å². The van der Waals surface area contributed by atoms with Gasteiger partial charge in [0.15, 0.2) is 0 Å². The Morgan fingerprint density at radius 2 is 1.57 bits per heavy atom. The molecule has 0 bridgehead atoms. The number of hydrogen-bond acceptors (Lipinski definition) is 2. The van der Waals surface area contributed by atoms with Gasteiger partial charge in [-0.1, -0.05) is 53.6 Å². The topological polar surface area (TPSA) is 27.1 Å². The zero-order valence-electron chi connectivity index (χ0n) is 16.4. The first-order valence-corrected chi connectivity index (χ1v) is 9.78. The highest BCUT2D eigenvalue weighted by atomic mass is 35.5. The van der Waals surface area contributed by atoms with Crippen molar-refractivity contribution in [1.29, 1.82) is 0 Å². The molecule has 0 aliphatic heterocycles. The van der Waals surface area contributed by atoms with Crippen molar-refractivity contribution in [3.63, 3.8) is 0 Å². The summed E-state index contributed by atoms with van der Waals surface area (Å²) in [5.74, 6) is 0.850. The number of halogens is 1. The van der Waals surface area contributed by atoms with Crippen LogP contribution in [0.2, 0.25) is 5.02 Å². The summed E-state index contributed by atoms with van der Waals surface area (Å²) in [6.45, 7) is 7.66. The number of hydrogen-bond donors (Lipinski definition) is 0. The summed E-state index contributed by atoms with van der Waals surface area (Å²) in [7, 11) is 0. The van der Waals surface area contributed by atoms with E-state index in [4.69, 9.17) is 16.3 Å². The minimum atomic E-state index is 0.490. The first kappa shape index (κ1) is 18.6. The van der Waals surface area contributed by atoms with E-state index < -0.39 is 0 Å². The van der Waals surface area contributed by atoms with E-state index in [-0.39, 0.29) is 0 Å². The number of pyridine rings is 1. The smallest absolute Gasteiger partial charge is 0.147 e. The quantitative estimate of drug-likeness (QED) is 0.403. The maximum Gasteiger partial charge on any atom is 0.147 e. The molecule has 3 nitrogen and oxygen atoms in total. The molecule has 4 heteroatoms. The third-order valence-electron chi connectivity index (χ3n) is 5.23. The fraction of sp³-hybridized carbons (Fsp3) is 0.208. The van der Waals surface area contributed by atoms with E-state index in [1.165, 1.54) is 22.4 Å². The highest BCUT2D eigenvalue weighted by Gasteiger charge is 2.16. The van der Waals surface area contributed by atoms with Crippen LogP contribution in [0.1, 0.15) is 27.9 Å². The monoisotopic (exact) mass is 390 g/mol. The van der Waals surface area contributed by atoms with E-state index in [1.54, 1.807) is 0 Å². The number of benzene rings is 2. The fourth-order valence-electron chi connectivity index (χ4n) is 3.44. The zero-order valence-corrected chi connectivity index (χ0v) is 17.1.